The van der Waals surface area contributed by atoms with Crippen LogP contribution < -0.4 is 10.1 Å². The number of amides is 1. The van der Waals surface area contributed by atoms with Crippen LogP contribution in [0.25, 0.3) is 0 Å². The molecule has 0 unspecified atom stereocenters. The third-order valence-electron chi connectivity index (χ3n) is 3.65. The maximum absolute atomic E-state index is 11.2. The molecule has 0 radical (unpaired) electrons. The fraction of sp³-hybridized carbons (Fsp3) is 0.263. The van der Waals surface area contributed by atoms with Gasteiger partial charge in [0.25, 0.3) is 0 Å². The number of anilines is 1. The molecule has 8 heteroatoms. The average molecular weight is 428 g/mol. The van der Waals surface area contributed by atoms with Gasteiger partial charge in [0.1, 0.15) is 5.75 Å². The summed E-state index contributed by atoms with van der Waals surface area (Å²) in [7, 11) is -2.09. The van der Waals surface area contributed by atoms with Gasteiger partial charge in [0.05, 0.1) is 6.61 Å². The topological polar surface area (TPSA) is 72.5 Å². The predicted molar refractivity (Wildman–Crippen MR) is 110 cm³/mol. The molecular weight excluding hydrogens is 409 g/mol. The van der Waals surface area contributed by atoms with E-state index in [1.807, 2.05) is 12.1 Å². The fourth-order valence-corrected chi connectivity index (χ4v) is 2.94. The predicted octanol–water partition coefficient (Wildman–Crippen LogP) is 4.41. The van der Waals surface area contributed by atoms with Gasteiger partial charge in [-0.2, -0.15) is 8.42 Å². The lowest BCUT2D eigenvalue weighted by molar-refractivity contribution is -0.116. The highest BCUT2D eigenvalue weighted by Crippen LogP contribution is 2.26. The quantitative estimate of drug-likeness (QED) is 0.566. The third kappa shape index (κ3) is 8.03. The van der Waals surface area contributed by atoms with Gasteiger partial charge in [-0.05, 0) is 67.3 Å². The monoisotopic (exact) mass is 427 g/mol. The summed E-state index contributed by atoms with van der Waals surface area (Å²) in [4.78, 5) is 11.2. The average Bonchev–Trinajstić information content (AvgIpc) is 2.64. The van der Waals surface area contributed by atoms with Crippen LogP contribution in [0.1, 0.15) is 24.8 Å². The zero-order chi connectivity index (χ0) is 19.6. The van der Waals surface area contributed by atoms with Gasteiger partial charge in [0, 0.05) is 27.5 Å². The van der Waals surface area contributed by atoms with Crippen LogP contribution in [0.2, 0.25) is 10.0 Å². The normalized spacial score (nSPS) is 12.1. The first-order chi connectivity index (χ1) is 12.9. The molecule has 1 amide bonds. The van der Waals surface area contributed by atoms with Crippen molar-refractivity contribution in [3.05, 3.63) is 58.1 Å². The van der Waals surface area contributed by atoms with E-state index >= 15 is 0 Å². The lowest BCUT2D eigenvalue weighted by atomic mass is 10.0. The van der Waals surface area contributed by atoms with Crippen LogP contribution >= 0.6 is 23.2 Å². The van der Waals surface area contributed by atoms with E-state index in [-0.39, 0.29) is 5.91 Å². The largest absolute Gasteiger partial charge is 0.494 e. The van der Waals surface area contributed by atoms with Gasteiger partial charge in [-0.1, -0.05) is 23.2 Å². The number of aryl methyl sites for hydroxylation is 1. The Morgan fingerprint density at radius 2 is 1.70 bits per heavy atom. The zero-order valence-corrected chi connectivity index (χ0v) is 16.8. The number of hydrogen-bond acceptors (Lipinski definition) is 4. The van der Waals surface area contributed by atoms with E-state index in [9.17, 15) is 13.2 Å². The van der Waals surface area contributed by atoms with Crippen LogP contribution in [0, 0.1) is 0 Å². The van der Waals surface area contributed by atoms with Crippen molar-refractivity contribution >= 4 is 50.5 Å². The lowest BCUT2D eigenvalue weighted by Crippen LogP contribution is -2.18. The van der Waals surface area contributed by atoms with E-state index in [2.05, 4.69) is 5.32 Å². The van der Waals surface area contributed by atoms with Gasteiger partial charge >= 0.3 is 0 Å². The van der Waals surface area contributed by atoms with Crippen LogP contribution in [0.5, 0.6) is 5.75 Å². The second-order valence-corrected chi connectivity index (χ2v) is 7.45. The summed E-state index contributed by atoms with van der Waals surface area (Å²) in [5, 5.41) is 5.47. The summed E-state index contributed by atoms with van der Waals surface area (Å²) in [5.41, 5.74) is 1.92. The molecule has 0 saturated carbocycles. The third-order valence-corrected chi connectivity index (χ3v) is 4.66. The van der Waals surface area contributed by atoms with Gasteiger partial charge < -0.3 is 10.1 Å². The molecule has 1 heterocycles. The summed E-state index contributed by atoms with van der Waals surface area (Å²) in [6.07, 6.45) is 2.36. The van der Waals surface area contributed by atoms with Crippen molar-refractivity contribution in [3.63, 3.8) is 0 Å². The molecule has 0 aliphatic carbocycles. The summed E-state index contributed by atoms with van der Waals surface area (Å²) in [6, 6.07) is 12.6. The molecule has 2 aromatic carbocycles. The van der Waals surface area contributed by atoms with E-state index in [1.54, 1.807) is 30.3 Å². The van der Waals surface area contributed by atoms with E-state index in [4.69, 9.17) is 27.9 Å². The minimum Gasteiger partial charge on any atom is -0.494 e. The minimum atomic E-state index is -2.09. The highest BCUT2D eigenvalue weighted by Gasteiger charge is 2.14. The van der Waals surface area contributed by atoms with Crippen LogP contribution in [0.15, 0.2) is 42.5 Å². The van der Waals surface area contributed by atoms with Crippen molar-refractivity contribution in [2.24, 2.45) is 0 Å². The molecule has 144 valence electrons. The van der Waals surface area contributed by atoms with Crippen molar-refractivity contribution < 1.29 is 17.9 Å². The van der Waals surface area contributed by atoms with E-state index < -0.39 is 10.3 Å². The summed E-state index contributed by atoms with van der Waals surface area (Å²) in [6.45, 7) is 0.471. The number of ether oxygens (including phenoxy) is 1. The second-order valence-electron chi connectivity index (χ2n) is 5.72. The van der Waals surface area contributed by atoms with Crippen LogP contribution in [0.4, 0.5) is 5.69 Å². The van der Waals surface area contributed by atoms with Gasteiger partial charge in [-0.25, -0.2) is 0 Å². The molecule has 27 heavy (non-hydrogen) atoms. The molecule has 1 N–H and O–H groups in total. The van der Waals surface area contributed by atoms with Crippen LogP contribution in [-0.2, 0) is 21.5 Å². The smallest absolute Gasteiger partial charge is 0.224 e. The summed E-state index contributed by atoms with van der Waals surface area (Å²) >= 11 is 11.1. The van der Waals surface area contributed by atoms with Gasteiger partial charge in [-0.15, -0.1) is 0 Å². The molecule has 0 saturated heterocycles. The van der Waals surface area contributed by atoms with Gasteiger partial charge in [-0.3, -0.25) is 4.79 Å². The van der Waals surface area contributed by atoms with E-state index in [1.165, 1.54) is 5.37 Å². The summed E-state index contributed by atoms with van der Waals surface area (Å²) in [5.74, 6) is 0.792. The Hall–Kier alpha value is -2.02. The van der Waals surface area contributed by atoms with E-state index in [0.29, 0.717) is 25.9 Å². The lowest BCUT2D eigenvalue weighted by Gasteiger charge is -2.17. The fourth-order valence-electron chi connectivity index (χ4n) is 2.33. The maximum Gasteiger partial charge on any atom is 0.224 e. The molecule has 0 aromatic heterocycles. The van der Waals surface area contributed by atoms with Crippen molar-refractivity contribution in [3.8, 4) is 5.75 Å². The molecule has 5 nitrogen and oxygen atoms in total. The van der Waals surface area contributed by atoms with Crippen LogP contribution in [-0.4, -0.2) is 26.3 Å². The zero-order valence-electron chi connectivity index (χ0n) is 14.5. The van der Waals surface area contributed by atoms with Crippen molar-refractivity contribution in [2.75, 3.05) is 11.9 Å². The molecular formula is C19H19Cl2NO4S. The molecule has 0 spiro atoms. The minimum absolute atomic E-state index is 0.0438. The van der Waals surface area contributed by atoms with Gasteiger partial charge in [0.15, 0.2) is 0 Å². The molecule has 0 bridgehead atoms. The number of hydrogen-bond donors (Lipinski definition) is 1. The molecule has 2 aromatic rings. The Morgan fingerprint density at radius 1 is 1.04 bits per heavy atom. The van der Waals surface area contributed by atoms with Crippen LogP contribution in [0.3, 0.4) is 0 Å². The second kappa shape index (κ2) is 11.0. The molecule has 3 rings (SSSR count). The first-order valence-electron chi connectivity index (χ1n) is 8.32. The number of carbonyl (C=O) groups is 1. The summed E-state index contributed by atoms with van der Waals surface area (Å²) < 4.78 is 26.1. The highest BCUT2D eigenvalue weighted by molar-refractivity contribution is 7.71. The molecule has 1 aliphatic heterocycles. The van der Waals surface area contributed by atoms with Gasteiger partial charge in [0.2, 0.25) is 16.2 Å². The number of carbonyl (C=O) groups excluding carboxylic acids is 1. The SMILES string of the molecule is Clc1ccc(Cl)cc1.O=C1CCc2cc(OCCCC=S(=O)=O)ccc2N1. The molecule has 0 fully saturated rings. The first kappa shape index (κ1) is 21.3. The Labute approximate surface area is 169 Å². The van der Waals surface area contributed by atoms with Crippen molar-refractivity contribution in [1.82, 2.24) is 0 Å². The van der Waals surface area contributed by atoms with E-state index in [0.717, 1.165) is 33.5 Å². The molecule has 1 aliphatic rings. The molecule has 0 atom stereocenters. The Morgan fingerprint density at radius 3 is 2.33 bits per heavy atom. The van der Waals surface area contributed by atoms with Crippen molar-refractivity contribution in [2.45, 2.75) is 25.7 Å². The standard InChI is InChI=1S/C13H15NO4S.C6H4Cl2/c15-13-6-3-10-9-11(4-5-12(10)14-13)18-7-1-2-8-19(16)17;7-5-1-2-6(8)4-3-5/h4-5,8-9H,1-3,6-7H2,(H,14,15);1-4H. The number of halogens is 2. The number of rotatable bonds is 5. The number of nitrogens with one attached hydrogen (secondary N) is 1. The maximum atomic E-state index is 11.2. The first-order valence-corrected chi connectivity index (χ1v) is 10.2. The Balaban J connectivity index is 0.000000273. The number of unbranched alkanes of at least 4 members (excludes halogenated alkanes) is 1. The highest BCUT2D eigenvalue weighted by atomic mass is 35.5. The number of fused-ring (bicyclic) bond motifs is 1. The Kier molecular flexibility index (Phi) is 8.64. The Bertz CT molecular complexity index is 883. The van der Waals surface area contributed by atoms with Crippen molar-refractivity contribution in [1.29, 1.82) is 0 Å². The number of benzene rings is 2.